The number of pyridine rings is 1. The molecule has 0 unspecified atom stereocenters. The van der Waals surface area contributed by atoms with Gasteiger partial charge in [-0.1, -0.05) is 18.2 Å². The van der Waals surface area contributed by atoms with Crippen LogP contribution in [0.5, 0.6) is 0 Å². The molecule has 0 bridgehead atoms. The van der Waals surface area contributed by atoms with Gasteiger partial charge < -0.3 is 15.1 Å². The third-order valence-electron chi connectivity index (χ3n) is 5.16. The summed E-state index contributed by atoms with van der Waals surface area (Å²) in [6.07, 6.45) is 1.23. The van der Waals surface area contributed by atoms with Crippen molar-refractivity contribution in [2.45, 2.75) is 13.0 Å². The van der Waals surface area contributed by atoms with Crippen molar-refractivity contribution in [3.63, 3.8) is 0 Å². The Morgan fingerprint density at radius 3 is 2.61 bits per heavy atom. The van der Waals surface area contributed by atoms with Gasteiger partial charge in [-0.15, -0.1) is 0 Å². The van der Waals surface area contributed by atoms with Crippen LogP contribution in [0.2, 0.25) is 5.15 Å². The van der Waals surface area contributed by atoms with Crippen molar-refractivity contribution in [3.05, 3.63) is 65.1 Å². The molecule has 2 aromatic rings. The number of hydrogen-bond donors (Lipinski definition) is 1. The third-order valence-corrected chi connectivity index (χ3v) is 5.35. The molecule has 3 rings (SSSR count). The molecule has 162 valence electrons. The monoisotopic (exact) mass is 444 g/mol. The van der Waals surface area contributed by atoms with Gasteiger partial charge in [-0.25, -0.2) is 9.37 Å². The van der Waals surface area contributed by atoms with Gasteiger partial charge in [0.1, 0.15) is 11.0 Å². The molecule has 3 amide bonds. The van der Waals surface area contributed by atoms with Gasteiger partial charge in [-0.05, 0) is 42.0 Å². The van der Waals surface area contributed by atoms with E-state index >= 15 is 0 Å². The van der Waals surface area contributed by atoms with Gasteiger partial charge in [-0.2, -0.15) is 0 Å². The van der Waals surface area contributed by atoms with Crippen LogP contribution >= 0.6 is 11.6 Å². The highest BCUT2D eigenvalue weighted by Crippen LogP contribution is 2.31. The molecule has 0 radical (unpaired) electrons. The van der Waals surface area contributed by atoms with E-state index in [1.54, 1.807) is 21.9 Å². The molecule has 0 saturated carbocycles. The van der Waals surface area contributed by atoms with Gasteiger partial charge in [0.15, 0.2) is 0 Å². The molecule has 1 aromatic carbocycles. The van der Waals surface area contributed by atoms with Gasteiger partial charge in [0.05, 0.1) is 11.7 Å². The molecule has 0 spiro atoms. The molecule has 0 aliphatic carbocycles. The maximum atomic E-state index is 14.2. The van der Waals surface area contributed by atoms with Crippen LogP contribution in [0, 0.1) is 5.82 Å². The maximum absolute atomic E-state index is 14.2. The van der Waals surface area contributed by atoms with Gasteiger partial charge in [-0.3, -0.25) is 14.4 Å². The first-order valence-electron chi connectivity index (χ1n) is 9.62. The Bertz CT molecular complexity index is 1060. The minimum absolute atomic E-state index is 0.141. The number of nitrogens with one attached hydrogen (secondary N) is 1. The predicted molar refractivity (Wildman–Crippen MR) is 115 cm³/mol. The lowest BCUT2D eigenvalue weighted by Crippen LogP contribution is -2.51. The van der Waals surface area contributed by atoms with E-state index in [-0.39, 0.29) is 29.1 Å². The van der Waals surface area contributed by atoms with Crippen LogP contribution in [0.25, 0.3) is 11.3 Å². The highest BCUT2D eigenvalue weighted by Gasteiger charge is 2.32. The minimum Gasteiger partial charge on any atom is -0.355 e. The Hall–Kier alpha value is -3.26. The Labute approximate surface area is 184 Å². The first kappa shape index (κ1) is 22.4. The number of carbonyl (C=O) groups excluding carboxylic acids is 3. The first-order chi connectivity index (χ1) is 14.7. The zero-order valence-electron chi connectivity index (χ0n) is 17.2. The van der Waals surface area contributed by atoms with E-state index in [0.717, 1.165) is 6.07 Å². The van der Waals surface area contributed by atoms with E-state index < -0.39 is 17.8 Å². The number of amides is 3. The first-order valence-corrected chi connectivity index (χ1v) is 10.0. The van der Waals surface area contributed by atoms with Gasteiger partial charge in [0.2, 0.25) is 11.8 Å². The molecule has 7 nitrogen and oxygen atoms in total. The van der Waals surface area contributed by atoms with Crippen molar-refractivity contribution in [3.8, 4) is 11.3 Å². The number of hydrogen-bond acceptors (Lipinski definition) is 4. The summed E-state index contributed by atoms with van der Waals surface area (Å²) < 4.78 is 14.2. The number of nitrogens with zero attached hydrogens (tertiary/aromatic N) is 3. The zero-order chi connectivity index (χ0) is 22.7. The molecule has 1 N–H and O–H groups in total. The fourth-order valence-corrected chi connectivity index (χ4v) is 3.86. The van der Waals surface area contributed by atoms with Crippen molar-refractivity contribution in [2.75, 3.05) is 26.7 Å². The number of rotatable bonds is 4. The van der Waals surface area contributed by atoms with Crippen LogP contribution in [0.3, 0.4) is 0 Å². The van der Waals surface area contributed by atoms with Crippen LogP contribution < -0.4 is 5.32 Å². The molecular weight excluding hydrogens is 423 g/mol. The molecule has 1 saturated heterocycles. The largest absolute Gasteiger partial charge is 0.355 e. The number of benzene rings is 1. The van der Waals surface area contributed by atoms with E-state index in [1.807, 2.05) is 0 Å². The standard InChI is InChI=1S/C22H22ClFN4O3/c1-4-21(30)27-5-6-28(13(2)29)19(12-27)15-10-18(26-20(23)11-15)14-7-16(22(31)25-3)9-17(24)8-14/h4,7-11,19H,1,5-6,12H2,2-3H3,(H,25,31)/t19-/m0/s1. The third kappa shape index (κ3) is 4.91. The number of piperazine rings is 1. The summed E-state index contributed by atoms with van der Waals surface area (Å²) in [5, 5.41) is 2.61. The average Bonchev–Trinajstić information content (AvgIpc) is 2.76. The van der Waals surface area contributed by atoms with Crippen LogP contribution in [0.4, 0.5) is 4.39 Å². The zero-order valence-corrected chi connectivity index (χ0v) is 17.9. The summed E-state index contributed by atoms with van der Waals surface area (Å²) >= 11 is 6.26. The van der Waals surface area contributed by atoms with Crippen LogP contribution in [0.15, 0.2) is 43.0 Å². The fourth-order valence-electron chi connectivity index (χ4n) is 3.64. The smallest absolute Gasteiger partial charge is 0.251 e. The second-order valence-electron chi connectivity index (χ2n) is 7.13. The number of carbonyl (C=O) groups is 3. The van der Waals surface area contributed by atoms with Gasteiger partial charge in [0.25, 0.3) is 5.91 Å². The van der Waals surface area contributed by atoms with Crippen molar-refractivity contribution >= 4 is 29.3 Å². The van der Waals surface area contributed by atoms with E-state index in [0.29, 0.717) is 29.9 Å². The Morgan fingerprint density at radius 2 is 1.97 bits per heavy atom. The summed E-state index contributed by atoms with van der Waals surface area (Å²) in [7, 11) is 1.46. The Morgan fingerprint density at radius 1 is 1.23 bits per heavy atom. The summed E-state index contributed by atoms with van der Waals surface area (Å²) in [6.45, 7) is 6.00. The molecule has 2 heterocycles. The van der Waals surface area contributed by atoms with E-state index in [1.165, 1.54) is 32.2 Å². The maximum Gasteiger partial charge on any atom is 0.251 e. The minimum atomic E-state index is -0.592. The SMILES string of the molecule is C=CC(=O)N1CCN(C(C)=O)[C@H](c2cc(Cl)nc(-c3cc(F)cc(C(=O)NC)c3)c2)C1. The molecule has 9 heteroatoms. The summed E-state index contributed by atoms with van der Waals surface area (Å²) in [4.78, 5) is 43.9. The van der Waals surface area contributed by atoms with E-state index in [4.69, 9.17) is 11.6 Å². The highest BCUT2D eigenvalue weighted by molar-refractivity contribution is 6.29. The molecule has 1 atom stereocenters. The molecule has 1 aliphatic rings. The van der Waals surface area contributed by atoms with Crippen LogP contribution in [-0.2, 0) is 9.59 Å². The second kappa shape index (κ2) is 9.26. The average molecular weight is 445 g/mol. The van der Waals surface area contributed by atoms with Crippen LogP contribution in [0.1, 0.15) is 28.9 Å². The Kier molecular flexibility index (Phi) is 6.70. The number of aromatic nitrogens is 1. The quantitative estimate of drug-likeness (QED) is 0.580. The lowest BCUT2D eigenvalue weighted by Gasteiger charge is -2.41. The van der Waals surface area contributed by atoms with Crippen LogP contribution in [-0.4, -0.2) is 59.2 Å². The molecule has 1 fully saturated rings. The lowest BCUT2D eigenvalue weighted by molar-refractivity contribution is -0.139. The van der Waals surface area contributed by atoms with Crippen molar-refractivity contribution in [2.24, 2.45) is 0 Å². The van der Waals surface area contributed by atoms with Crippen molar-refractivity contribution < 1.29 is 18.8 Å². The van der Waals surface area contributed by atoms with E-state index in [2.05, 4.69) is 16.9 Å². The van der Waals surface area contributed by atoms with Crippen molar-refractivity contribution in [1.82, 2.24) is 20.1 Å². The summed E-state index contributed by atoms with van der Waals surface area (Å²) in [5.41, 5.74) is 1.51. The molecule has 31 heavy (non-hydrogen) atoms. The normalized spacial score (nSPS) is 16.1. The van der Waals surface area contributed by atoms with Gasteiger partial charge in [0, 0.05) is 44.7 Å². The summed E-state index contributed by atoms with van der Waals surface area (Å²) in [5.74, 6) is -1.39. The summed E-state index contributed by atoms with van der Waals surface area (Å²) in [6, 6.07) is 6.75. The predicted octanol–water partition coefficient (Wildman–Crippen LogP) is 2.82. The lowest BCUT2D eigenvalue weighted by atomic mass is 9.99. The van der Waals surface area contributed by atoms with Crippen molar-refractivity contribution in [1.29, 1.82) is 0 Å². The topological polar surface area (TPSA) is 82.6 Å². The molecular formula is C22H22ClFN4O3. The molecule has 1 aliphatic heterocycles. The molecule has 1 aromatic heterocycles. The number of halogens is 2. The van der Waals surface area contributed by atoms with E-state index in [9.17, 15) is 18.8 Å². The highest BCUT2D eigenvalue weighted by atomic mass is 35.5. The Balaban J connectivity index is 2.06. The fraction of sp³-hybridized carbons (Fsp3) is 0.273. The second-order valence-corrected chi connectivity index (χ2v) is 7.52. The van der Waals surface area contributed by atoms with Gasteiger partial charge >= 0.3 is 0 Å².